The maximum atomic E-state index is 9.29. The highest BCUT2D eigenvalue weighted by atomic mass is 16.3. The molecule has 3 heterocycles. The summed E-state index contributed by atoms with van der Waals surface area (Å²) in [6.07, 6.45) is 6.52. The predicted octanol–water partition coefficient (Wildman–Crippen LogP) is 3.67. The van der Waals surface area contributed by atoms with E-state index in [1.54, 1.807) is 6.26 Å². The van der Waals surface area contributed by atoms with Gasteiger partial charge in [-0.3, -0.25) is 0 Å². The second-order valence-corrected chi connectivity index (χ2v) is 7.14. The molecule has 0 unspecified atom stereocenters. The third-order valence-electron chi connectivity index (χ3n) is 5.43. The number of hydrogen-bond acceptors (Lipinski definition) is 5. The van der Waals surface area contributed by atoms with Gasteiger partial charge in [-0.1, -0.05) is 37.3 Å². The molecule has 1 saturated heterocycles. The van der Waals surface area contributed by atoms with Crippen LogP contribution in [0, 0.1) is 0 Å². The number of pyridine rings is 1. The summed E-state index contributed by atoms with van der Waals surface area (Å²) in [5.41, 5.74) is 4.04. The molecule has 0 bridgehead atoms. The highest BCUT2D eigenvalue weighted by Crippen LogP contribution is 2.28. The van der Waals surface area contributed by atoms with Gasteiger partial charge < -0.3 is 19.3 Å². The minimum atomic E-state index is 0.151. The lowest BCUT2D eigenvalue weighted by molar-refractivity contribution is 0.270. The molecule has 146 valence electrons. The number of aliphatic hydroxyl groups is 1. The number of aliphatic hydroxyl groups excluding tert-OH is 1. The number of piperazine rings is 1. The van der Waals surface area contributed by atoms with Gasteiger partial charge in [0.2, 0.25) is 0 Å². The van der Waals surface area contributed by atoms with Crippen molar-refractivity contribution in [2.45, 2.75) is 13.3 Å². The lowest BCUT2D eigenvalue weighted by atomic mass is 10.0. The molecule has 0 atom stereocenters. The smallest absolute Gasteiger partial charge is 0.176 e. The van der Waals surface area contributed by atoms with E-state index < -0.39 is 0 Å². The second-order valence-electron chi connectivity index (χ2n) is 7.14. The predicted molar refractivity (Wildman–Crippen MR) is 114 cm³/mol. The van der Waals surface area contributed by atoms with E-state index in [9.17, 15) is 5.11 Å². The van der Waals surface area contributed by atoms with E-state index >= 15 is 0 Å². The van der Waals surface area contributed by atoms with Gasteiger partial charge in [-0.05, 0) is 42.3 Å². The first-order chi connectivity index (χ1) is 13.8. The Balaban J connectivity index is 1.64. The number of rotatable bonds is 6. The summed E-state index contributed by atoms with van der Waals surface area (Å²) in [5.74, 6) is 0.932. The normalized spacial score (nSPS) is 15.7. The molecule has 0 saturated carbocycles. The molecule has 5 heteroatoms. The molecule has 1 aliphatic heterocycles. The molecule has 4 rings (SSSR count). The van der Waals surface area contributed by atoms with E-state index in [0.29, 0.717) is 6.42 Å². The summed E-state index contributed by atoms with van der Waals surface area (Å²) < 4.78 is 5.75. The van der Waals surface area contributed by atoms with Crippen LogP contribution < -0.4 is 4.90 Å². The molecular formula is C23H27N3O2. The molecule has 3 aromatic rings. The third kappa shape index (κ3) is 3.96. The van der Waals surface area contributed by atoms with Crippen molar-refractivity contribution < 1.29 is 9.52 Å². The van der Waals surface area contributed by atoms with E-state index in [2.05, 4.69) is 47.1 Å². The Morgan fingerprint density at radius 3 is 2.71 bits per heavy atom. The summed E-state index contributed by atoms with van der Waals surface area (Å²) in [7, 11) is 0. The van der Waals surface area contributed by atoms with Crippen LogP contribution >= 0.6 is 0 Å². The highest BCUT2D eigenvalue weighted by Gasteiger charge is 2.20. The zero-order valence-electron chi connectivity index (χ0n) is 16.3. The maximum Gasteiger partial charge on any atom is 0.176 e. The Morgan fingerprint density at radius 2 is 1.93 bits per heavy atom. The van der Waals surface area contributed by atoms with Crippen LogP contribution in [0.5, 0.6) is 0 Å². The van der Waals surface area contributed by atoms with Gasteiger partial charge in [-0.25, -0.2) is 4.98 Å². The average Bonchev–Trinajstić information content (AvgIpc) is 3.21. The van der Waals surface area contributed by atoms with Crippen molar-refractivity contribution in [3.63, 3.8) is 0 Å². The SMILES string of the molecule is CCN1CCN(c2nc(/C=C/c3ccccc3CCO)cc3ccoc23)CC1. The molecule has 1 aromatic carbocycles. The Bertz CT molecular complexity index is 955. The minimum Gasteiger partial charge on any atom is -0.460 e. The first kappa shape index (κ1) is 18.7. The summed E-state index contributed by atoms with van der Waals surface area (Å²) in [5, 5.41) is 10.4. The van der Waals surface area contributed by atoms with Crippen molar-refractivity contribution in [3.8, 4) is 0 Å². The van der Waals surface area contributed by atoms with Crippen LogP contribution in [0.3, 0.4) is 0 Å². The molecule has 0 amide bonds. The van der Waals surface area contributed by atoms with Gasteiger partial charge >= 0.3 is 0 Å². The number of furan rings is 1. The Morgan fingerprint density at radius 1 is 1.11 bits per heavy atom. The lowest BCUT2D eigenvalue weighted by Crippen LogP contribution is -2.46. The summed E-state index contributed by atoms with van der Waals surface area (Å²) in [4.78, 5) is 9.70. The number of nitrogens with zero attached hydrogens (tertiary/aromatic N) is 3. The Kier molecular flexibility index (Phi) is 5.74. The zero-order valence-corrected chi connectivity index (χ0v) is 16.3. The van der Waals surface area contributed by atoms with Gasteiger partial charge in [0.25, 0.3) is 0 Å². The summed E-state index contributed by atoms with van der Waals surface area (Å²) in [6.45, 7) is 7.47. The number of fused-ring (bicyclic) bond motifs is 1. The summed E-state index contributed by atoms with van der Waals surface area (Å²) in [6, 6.07) is 12.2. The largest absolute Gasteiger partial charge is 0.460 e. The van der Waals surface area contributed by atoms with E-state index in [0.717, 1.165) is 66.3 Å². The standard InChI is InChI=1S/C23H27N3O2/c1-2-25-11-13-26(14-12-25)23-22-20(10-16-28-22)17-21(24-23)8-7-18-5-3-4-6-19(18)9-15-27/h3-8,10,16-17,27H,2,9,11-15H2,1H3/b8-7+. The average molecular weight is 377 g/mol. The number of aromatic nitrogens is 1. The topological polar surface area (TPSA) is 52.7 Å². The van der Waals surface area contributed by atoms with Crippen molar-refractivity contribution in [1.82, 2.24) is 9.88 Å². The van der Waals surface area contributed by atoms with Crippen molar-refractivity contribution in [3.05, 3.63) is 59.5 Å². The molecule has 1 N–H and O–H groups in total. The molecule has 0 aliphatic carbocycles. The van der Waals surface area contributed by atoms with Crippen molar-refractivity contribution >= 4 is 28.9 Å². The first-order valence-corrected chi connectivity index (χ1v) is 10.0. The van der Waals surface area contributed by atoms with Gasteiger partial charge in [0.15, 0.2) is 11.4 Å². The third-order valence-corrected chi connectivity index (χ3v) is 5.43. The van der Waals surface area contributed by atoms with Crippen LogP contribution in [0.15, 0.2) is 47.1 Å². The van der Waals surface area contributed by atoms with E-state index in [1.165, 1.54) is 0 Å². The monoisotopic (exact) mass is 377 g/mol. The van der Waals surface area contributed by atoms with Crippen molar-refractivity contribution in [1.29, 1.82) is 0 Å². The number of likely N-dealkylation sites (N-methyl/N-ethyl adjacent to an activating group) is 1. The quantitative estimate of drug-likeness (QED) is 0.710. The number of hydrogen-bond donors (Lipinski definition) is 1. The second kappa shape index (κ2) is 8.59. The number of anilines is 1. The van der Waals surface area contributed by atoms with Gasteiger partial charge in [0, 0.05) is 38.2 Å². The van der Waals surface area contributed by atoms with E-state index in [-0.39, 0.29) is 6.61 Å². The van der Waals surface area contributed by atoms with Crippen LogP contribution in [-0.2, 0) is 6.42 Å². The van der Waals surface area contributed by atoms with Crippen LogP contribution in [0.2, 0.25) is 0 Å². The Hall–Kier alpha value is -2.63. The maximum absolute atomic E-state index is 9.29. The van der Waals surface area contributed by atoms with Crippen LogP contribution in [0.4, 0.5) is 5.82 Å². The summed E-state index contributed by atoms with van der Waals surface area (Å²) >= 11 is 0. The van der Waals surface area contributed by atoms with Gasteiger partial charge in [-0.2, -0.15) is 0 Å². The van der Waals surface area contributed by atoms with Crippen LogP contribution in [-0.4, -0.2) is 54.3 Å². The van der Waals surface area contributed by atoms with Gasteiger partial charge in [-0.15, -0.1) is 0 Å². The van der Waals surface area contributed by atoms with E-state index in [1.807, 2.05) is 18.2 Å². The molecule has 0 radical (unpaired) electrons. The number of benzene rings is 1. The molecular weight excluding hydrogens is 350 g/mol. The molecule has 1 aliphatic rings. The van der Waals surface area contributed by atoms with Crippen LogP contribution in [0.25, 0.3) is 23.1 Å². The fraction of sp³-hybridized carbons (Fsp3) is 0.348. The highest BCUT2D eigenvalue weighted by molar-refractivity contribution is 5.89. The fourth-order valence-electron chi connectivity index (χ4n) is 3.77. The van der Waals surface area contributed by atoms with Crippen molar-refractivity contribution in [2.75, 3.05) is 44.2 Å². The molecule has 1 fully saturated rings. The Labute approximate surface area is 165 Å². The molecule has 2 aromatic heterocycles. The fourth-order valence-corrected chi connectivity index (χ4v) is 3.77. The molecule has 5 nitrogen and oxygen atoms in total. The van der Waals surface area contributed by atoms with Gasteiger partial charge in [0.1, 0.15) is 0 Å². The van der Waals surface area contributed by atoms with E-state index in [4.69, 9.17) is 9.40 Å². The van der Waals surface area contributed by atoms with Crippen LogP contribution in [0.1, 0.15) is 23.7 Å². The lowest BCUT2D eigenvalue weighted by Gasteiger charge is -2.34. The van der Waals surface area contributed by atoms with Crippen molar-refractivity contribution in [2.24, 2.45) is 0 Å². The minimum absolute atomic E-state index is 0.151. The molecule has 28 heavy (non-hydrogen) atoms. The first-order valence-electron chi connectivity index (χ1n) is 10.0. The van der Waals surface area contributed by atoms with Gasteiger partial charge in [0.05, 0.1) is 12.0 Å². The zero-order chi connectivity index (χ0) is 19.3. The molecule has 0 spiro atoms.